The molecule has 0 atom stereocenters. The summed E-state index contributed by atoms with van der Waals surface area (Å²) in [5.74, 6) is 1.37. The molecule has 0 saturated carbocycles. The molecule has 1 N–H and O–H groups in total. The minimum absolute atomic E-state index is 0.276. The van der Waals surface area contributed by atoms with Crippen LogP contribution in [0.4, 0.5) is 0 Å². The normalized spacial score (nSPS) is 10.8. The van der Waals surface area contributed by atoms with Crippen LogP contribution in [0.25, 0.3) is 0 Å². The second-order valence-electron chi connectivity index (χ2n) is 5.49. The maximum Gasteiger partial charge on any atom is 0.162 e. The van der Waals surface area contributed by atoms with Crippen molar-refractivity contribution in [3.05, 3.63) is 56.0 Å². The molecule has 6 heteroatoms. The minimum atomic E-state index is 0.276. The van der Waals surface area contributed by atoms with Crippen LogP contribution in [0, 0.1) is 0 Å². The zero-order valence-corrected chi connectivity index (χ0v) is 17.5. The fourth-order valence-electron chi connectivity index (χ4n) is 2.31. The monoisotopic (exact) mass is 445 g/mol. The highest BCUT2D eigenvalue weighted by Gasteiger charge is 2.13. The van der Waals surface area contributed by atoms with Gasteiger partial charge in [-0.1, -0.05) is 52.1 Å². The smallest absolute Gasteiger partial charge is 0.162 e. The SMILES string of the molecule is CCCNCc1cc(OCC)c(OCc2c(Cl)cccc2Cl)cc1Br. The summed E-state index contributed by atoms with van der Waals surface area (Å²) in [6, 6.07) is 9.34. The topological polar surface area (TPSA) is 30.5 Å². The molecule has 3 nitrogen and oxygen atoms in total. The standard InChI is InChI=1S/C19H22BrCl2NO2/c1-3-8-23-11-13-9-18(24-4-2)19(10-15(13)20)25-12-14-16(21)6-5-7-17(14)22/h5-7,9-10,23H,3-4,8,11-12H2,1-2H3. The highest BCUT2D eigenvalue weighted by Crippen LogP contribution is 2.35. The Balaban J connectivity index is 2.19. The first kappa shape index (κ1) is 20.4. The third-order valence-electron chi connectivity index (χ3n) is 3.59. The zero-order chi connectivity index (χ0) is 18.2. The van der Waals surface area contributed by atoms with Crippen molar-refractivity contribution >= 4 is 39.1 Å². The highest BCUT2D eigenvalue weighted by molar-refractivity contribution is 9.10. The summed E-state index contributed by atoms with van der Waals surface area (Å²) in [5, 5.41) is 4.57. The van der Waals surface area contributed by atoms with Crippen LogP contribution in [0.1, 0.15) is 31.4 Å². The summed E-state index contributed by atoms with van der Waals surface area (Å²) in [4.78, 5) is 0. The van der Waals surface area contributed by atoms with Gasteiger partial charge in [-0.3, -0.25) is 0 Å². The number of hydrogen-bond donors (Lipinski definition) is 1. The summed E-state index contributed by atoms with van der Waals surface area (Å²) in [7, 11) is 0. The third-order valence-corrected chi connectivity index (χ3v) is 5.03. The van der Waals surface area contributed by atoms with E-state index in [-0.39, 0.29) is 6.61 Å². The Kier molecular flexibility index (Phi) is 8.37. The van der Waals surface area contributed by atoms with Crippen LogP contribution < -0.4 is 14.8 Å². The molecule has 0 aromatic heterocycles. The van der Waals surface area contributed by atoms with Crippen LogP contribution in [-0.4, -0.2) is 13.2 Å². The first-order valence-corrected chi connectivity index (χ1v) is 9.83. The van der Waals surface area contributed by atoms with E-state index in [2.05, 4.69) is 28.2 Å². The molecule has 0 amide bonds. The van der Waals surface area contributed by atoms with Crippen LogP contribution in [0.5, 0.6) is 11.5 Å². The van der Waals surface area contributed by atoms with Gasteiger partial charge in [-0.15, -0.1) is 0 Å². The number of rotatable bonds is 9. The molecule has 2 aromatic carbocycles. The van der Waals surface area contributed by atoms with E-state index in [1.54, 1.807) is 12.1 Å². The molecule has 2 aromatic rings. The van der Waals surface area contributed by atoms with Crippen molar-refractivity contribution in [1.82, 2.24) is 5.32 Å². The zero-order valence-electron chi connectivity index (χ0n) is 14.4. The summed E-state index contributed by atoms with van der Waals surface area (Å²) >= 11 is 16.0. The van der Waals surface area contributed by atoms with Gasteiger partial charge in [-0.05, 0) is 49.7 Å². The summed E-state index contributed by atoms with van der Waals surface area (Å²) in [5.41, 5.74) is 1.89. The Morgan fingerprint density at radius 2 is 1.72 bits per heavy atom. The van der Waals surface area contributed by atoms with Gasteiger partial charge in [-0.25, -0.2) is 0 Å². The molecule has 0 heterocycles. The van der Waals surface area contributed by atoms with Crippen LogP contribution in [0.3, 0.4) is 0 Å². The van der Waals surface area contributed by atoms with Gasteiger partial charge in [0, 0.05) is 26.6 Å². The lowest BCUT2D eigenvalue weighted by Gasteiger charge is -2.16. The Hall–Kier alpha value is -0.940. The number of hydrogen-bond acceptors (Lipinski definition) is 3. The summed E-state index contributed by atoms with van der Waals surface area (Å²) in [6.45, 7) is 6.67. The second kappa shape index (κ2) is 10.3. The van der Waals surface area contributed by atoms with Gasteiger partial charge in [0.25, 0.3) is 0 Å². The fraction of sp³-hybridized carbons (Fsp3) is 0.368. The van der Waals surface area contributed by atoms with Crippen molar-refractivity contribution in [3.63, 3.8) is 0 Å². The maximum atomic E-state index is 6.21. The molecule has 0 radical (unpaired) electrons. The van der Waals surface area contributed by atoms with E-state index in [9.17, 15) is 0 Å². The first-order valence-electron chi connectivity index (χ1n) is 8.28. The van der Waals surface area contributed by atoms with Crippen molar-refractivity contribution in [1.29, 1.82) is 0 Å². The van der Waals surface area contributed by atoms with Gasteiger partial charge in [0.1, 0.15) is 6.61 Å². The second-order valence-corrected chi connectivity index (χ2v) is 7.16. The fourth-order valence-corrected chi connectivity index (χ4v) is 3.28. The molecular weight excluding hydrogens is 425 g/mol. The molecule has 0 fully saturated rings. The molecule has 2 rings (SSSR count). The lowest BCUT2D eigenvalue weighted by atomic mass is 10.2. The van der Waals surface area contributed by atoms with Gasteiger partial charge < -0.3 is 14.8 Å². The van der Waals surface area contributed by atoms with Crippen molar-refractivity contribution < 1.29 is 9.47 Å². The average molecular weight is 447 g/mol. The Labute approximate surface area is 167 Å². The molecule has 0 bridgehead atoms. The van der Waals surface area contributed by atoms with Crippen molar-refractivity contribution in [2.75, 3.05) is 13.2 Å². The largest absolute Gasteiger partial charge is 0.490 e. The van der Waals surface area contributed by atoms with E-state index in [4.69, 9.17) is 32.7 Å². The molecule has 0 spiro atoms. The van der Waals surface area contributed by atoms with Crippen LogP contribution in [-0.2, 0) is 13.2 Å². The van der Waals surface area contributed by atoms with Crippen molar-refractivity contribution in [3.8, 4) is 11.5 Å². The molecule has 25 heavy (non-hydrogen) atoms. The highest BCUT2D eigenvalue weighted by atomic mass is 79.9. The Morgan fingerprint density at radius 3 is 2.36 bits per heavy atom. The lowest BCUT2D eigenvalue weighted by molar-refractivity contribution is 0.269. The number of ether oxygens (including phenoxy) is 2. The van der Waals surface area contributed by atoms with E-state index in [1.165, 1.54) is 0 Å². The number of benzene rings is 2. The molecule has 0 aliphatic carbocycles. The summed E-state index contributed by atoms with van der Waals surface area (Å²) in [6.07, 6.45) is 1.09. The average Bonchev–Trinajstić information content (AvgIpc) is 2.58. The quantitative estimate of drug-likeness (QED) is 0.463. The molecule has 136 valence electrons. The van der Waals surface area contributed by atoms with Crippen LogP contribution >= 0.6 is 39.1 Å². The predicted octanol–water partition coefficient (Wildman–Crippen LogP) is 6.23. The van der Waals surface area contributed by atoms with Gasteiger partial charge in [0.2, 0.25) is 0 Å². The van der Waals surface area contributed by atoms with E-state index < -0.39 is 0 Å². The van der Waals surface area contributed by atoms with E-state index >= 15 is 0 Å². The van der Waals surface area contributed by atoms with Crippen LogP contribution in [0.2, 0.25) is 10.0 Å². The molecular formula is C19H22BrCl2NO2. The van der Waals surface area contributed by atoms with E-state index in [0.29, 0.717) is 28.2 Å². The van der Waals surface area contributed by atoms with Gasteiger partial charge in [0.15, 0.2) is 11.5 Å². The first-order chi connectivity index (χ1) is 12.1. The predicted molar refractivity (Wildman–Crippen MR) is 108 cm³/mol. The van der Waals surface area contributed by atoms with E-state index in [0.717, 1.165) is 35.1 Å². The molecule has 0 aliphatic heterocycles. The molecule has 0 aliphatic rings. The Morgan fingerprint density at radius 1 is 1.04 bits per heavy atom. The van der Waals surface area contributed by atoms with E-state index in [1.807, 2.05) is 25.1 Å². The third kappa shape index (κ3) is 5.78. The summed E-state index contributed by atoms with van der Waals surface area (Å²) < 4.78 is 12.7. The van der Waals surface area contributed by atoms with Gasteiger partial charge in [-0.2, -0.15) is 0 Å². The van der Waals surface area contributed by atoms with Crippen LogP contribution in [0.15, 0.2) is 34.8 Å². The van der Waals surface area contributed by atoms with Gasteiger partial charge >= 0.3 is 0 Å². The van der Waals surface area contributed by atoms with Crippen molar-refractivity contribution in [2.24, 2.45) is 0 Å². The minimum Gasteiger partial charge on any atom is -0.490 e. The van der Waals surface area contributed by atoms with Crippen molar-refractivity contribution in [2.45, 2.75) is 33.4 Å². The Bertz CT molecular complexity index is 690. The van der Waals surface area contributed by atoms with Gasteiger partial charge in [0.05, 0.1) is 6.61 Å². The maximum absolute atomic E-state index is 6.21. The molecule has 0 saturated heterocycles. The molecule has 0 unspecified atom stereocenters. The lowest BCUT2D eigenvalue weighted by Crippen LogP contribution is -2.14. The number of nitrogens with one attached hydrogen (secondary N) is 1. The number of halogens is 3.